The van der Waals surface area contributed by atoms with Crippen molar-refractivity contribution in [1.29, 1.82) is 0 Å². The van der Waals surface area contributed by atoms with Gasteiger partial charge >= 0.3 is 5.69 Å². The maximum Gasteiger partial charge on any atom is 0.330 e. The molecule has 0 aliphatic heterocycles. The van der Waals surface area contributed by atoms with Crippen LogP contribution in [0.1, 0.15) is 12.0 Å². The summed E-state index contributed by atoms with van der Waals surface area (Å²) < 4.78 is 11.6. The number of nitrogens with zero attached hydrogens (tertiary/aromatic N) is 2. The van der Waals surface area contributed by atoms with Crippen LogP contribution >= 0.6 is 11.6 Å². The molecule has 1 aromatic heterocycles. The van der Waals surface area contributed by atoms with Crippen molar-refractivity contribution in [3.05, 3.63) is 80.0 Å². The molecule has 186 valence electrons. The Kier molecular flexibility index (Phi) is 8.93. The normalized spacial score (nSPS) is 10.7. The molecule has 0 aliphatic rings. The summed E-state index contributed by atoms with van der Waals surface area (Å²) >= 11 is 6.07. The van der Waals surface area contributed by atoms with Crippen LogP contribution in [-0.2, 0) is 16.1 Å². The van der Waals surface area contributed by atoms with Crippen LogP contribution in [0, 0.1) is 0 Å². The summed E-state index contributed by atoms with van der Waals surface area (Å²) in [6.07, 6.45) is 0.444. The first-order valence-electron chi connectivity index (χ1n) is 10.9. The number of carbonyl (C=O) groups is 1. The number of nitrogens with two attached hydrogens (primary N) is 1. The van der Waals surface area contributed by atoms with Gasteiger partial charge in [0.15, 0.2) is 5.69 Å². The number of hydrogen-bond donors (Lipinski definition) is 3. The van der Waals surface area contributed by atoms with Crippen LogP contribution in [0.4, 0.5) is 17.2 Å². The molecule has 11 heteroatoms. The van der Waals surface area contributed by atoms with Gasteiger partial charge in [0.1, 0.15) is 11.6 Å². The molecule has 0 saturated carbocycles. The summed E-state index contributed by atoms with van der Waals surface area (Å²) in [7, 11) is 3.05. The predicted octanol–water partition coefficient (Wildman–Crippen LogP) is 2.31. The molecule has 0 unspecified atom stereocenters. The molecule has 4 N–H and O–H groups in total. The monoisotopic (exact) mass is 501 g/mol. The lowest BCUT2D eigenvalue weighted by Crippen LogP contribution is -2.44. The van der Waals surface area contributed by atoms with Gasteiger partial charge in [-0.25, -0.2) is 4.79 Å². The average Bonchev–Trinajstić information content (AvgIpc) is 2.85. The van der Waals surface area contributed by atoms with Crippen molar-refractivity contribution in [3.8, 4) is 5.75 Å². The fraction of sp³-hybridized carbons (Fsp3) is 0.292. The van der Waals surface area contributed by atoms with Crippen molar-refractivity contribution >= 4 is 34.7 Å². The first-order valence-corrected chi connectivity index (χ1v) is 11.3. The number of rotatable bonds is 11. The second-order valence-corrected chi connectivity index (χ2v) is 8.09. The number of benzene rings is 2. The van der Waals surface area contributed by atoms with E-state index in [0.29, 0.717) is 29.5 Å². The van der Waals surface area contributed by atoms with Crippen LogP contribution in [0.5, 0.6) is 5.75 Å². The number of halogens is 1. The van der Waals surface area contributed by atoms with Gasteiger partial charge in [-0.1, -0.05) is 41.9 Å². The average molecular weight is 502 g/mol. The maximum absolute atomic E-state index is 13.3. The Balaban J connectivity index is 1.95. The van der Waals surface area contributed by atoms with Gasteiger partial charge in [0.25, 0.3) is 5.56 Å². The van der Waals surface area contributed by atoms with Gasteiger partial charge in [0, 0.05) is 25.3 Å². The molecule has 0 radical (unpaired) electrons. The van der Waals surface area contributed by atoms with Crippen molar-refractivity contribution in [1.82, 2.24) is 9.55 Å². The Morgan fingerprint density at radius 2 is 1.91 bits per heavy atom. The van der Waals surface area contributed by atoms with E-state index in [4.69, 9.17) is 26.8 Å². The van der Waals surface area contributed by atoms with Crippen LogP contribution in [0.2, 0.25) is 5.02 Å². The highest BCUT2D eigenvalue weighted by Gasteiger charge is 2.24. The highest BCUT2D eigenvalue weighted by molar-refractivity contribution is 6.31. The van der Waals surface area contributed by atoms with Crippen molar-refractivity contribution in [3.63, 3.8) is 0 Å². The highest BCUT2D eigenvalue weighted by Crippen LogP contribution is 2.27. The Morgan fingerprint density at radius 1 is 1.17 bits per heavy atom. The summed E-state index contributed by atoms with van der Waals surface area (Å²) in [5, 5.41) is 3.46. The Bertz CT molecular complexity index is 1280. The van der Waals surface area contributed by atoms with Gasteiger partial charge in [-0.05, 0) is 30.2 Å². The molecule has 0 fully saturated rings. The molecule has 0 bridgehead atoms. The van der Waals surface area contributed by atoms with Crippen molar-refractivity contribution in [2.45, 2.75) is 13.0 Å². The zero-order chi connectivity index (χ0) is 25.4. The van der Waals surface area contributed by atoms with E-state index in [1.165, 1.54) is 16.6 Å². The number of nitrogen functional groups attached to an aromatic ring is 1. The number of anilines is 3. The quantitative estimate of drug-likeness (QED) is 0.343. The lowest BCUT2D eigenvalue weighted by atomic mass is 10.2. The first kappa shape index (κ1) is 25.9. The van der Waals surface area contributed by atoms with Crippen molar-refractivity contribution in [2.75, 3.05) is 49.9 Å². The molecule has 1 amide bonds. The minimum absolute atomic E-state index is 0.0958. The van der Waals surface area contributed by atoms with Crippen LogP contribution < -0.4 is 31.9 Å². The second-order valence-electron chi connectivity index (χ2n) is 7.65. The molecule has 3 aromatic rings. The fourth-order valence-corrected chi connectivity index (χ4v) is 3.75. The van der Waals surface area contributed by atoms with E-state index in [2.05, 4.69) is 10.3 Å². The molecule has 10 nitrogen and oxygen atoms in total. The molecule has 0 spiro atoms. The number of methoxy groups -OCH3 is 2. The van der Waals surface area contributed by atoms with E-state index >= 15 is 0 Å². The summed E-state index contributed by atoms with van der Waals surface area (Å²) in [6, 6.07) is 14.2. The molecule has 0 aliphatic carbocycles. The number of aromatic nitrogens is 2. The summed E-state index contributed by atoms with van der Waals surface area (Å²) in [5.41, 5.74) is 6.13. The molecule has 0 atom stereocenters. The van der Waals surface area contributed by atoms with Gasteiger partial charge in [-0.3, -0.25) is 19.1 Å². The third-order valence-corrected chi connectivity index (χ3v) is 5.53. The Labute approximate surface area is 207 Å². The van der Waals surface area contributed by atoms with Crippen molar-refractivity contribution < 1.29 is 14.3 Å². The van der Waals surface area contributed by atoms with E-state index in [-0.39, 0.29) is 31.1 Å². The van der Waals surface area contributed by atoms with E-state index in [9.17, 15) is 14.4 Å². The molecular weight excluding hydrogens is 474 g/mol. The third-order valence-electron chi connectivity index (χ3n) is 5.29. The van der Waals surface area contributed by atoms with Gasteiger partial charge in [-0.2, -0.15) is 0 Å². The molecule has 1 heterocycles. The summed E-state index contributed by atoms with van der Waals surface area (Å²) in [5.74, 6) is -0.0409. The van der Waals surface area contributed by atoms with Gasteiger partial charge < -0.3 is 25.4 Å². The van der Waals surface area contributed by atoms with E-state index in [0.717, 1.165) is 5.56 Å². The highest BCUT2D eigenvalue weighted by atomic mass is 35.5. The van der Waals surface area contributed by atoms with Crippen molar-refractivity contribution in [2.24, 2.45) is 0 Å². The number of nitrogens with one attached hydrogen (secondary N) is 2. The van der Waals surface area contributed by atoms with E-state index in [1.54, 1.807) is 25.3 Å². The zero-order valence-corrected chi connectivity index (χ0v) is 20.3. The topological polar surface area (TPSA) is 132 Å². The lowest BCUT2D eigenvalue weighted by Gasteiger charge is -2.25. The Hall–Kier alpha value is -3.76. The van der Waals surface area contributed by atoms with Crippen LogP contribution in [0.3, 0.4) is 0 Å². The van der Waals surface area contributed by atoms with Gasteiger partial charge in [0.05, 0.1) is 25.9 Å². The minimum Gasteiger partial charge on any atom is -0.495 e. The third kappa shape index (κ3) is 6.43. The number of ether oxygens (including phenoxy) is 2. The maximum atomic E-state index is 13.3. The smallest absolute Gasteiger partial charge is 0.330 e. The SMILES string of the molecule is COCCCN(C(=O)CNc1cc(Cl)ccc1OC)c1c(N)n(Cc2ccccc2)c(=O)[nH]c1=O. The first-order chi connectivity index (χ1) is 16.8. The predicted molar refractivity (Wildman–Crippen MR) is 137 cm³/mol. The lowest BCUT2D eigenvalue weighted by molar-refractivity contribution is -0.117. The second kappa shape index (κ2) is 12.1. The molecule has 2 aromatic carbocycles. The minimum atomic E-state index is -0.747. The number of aromatic amines is 1. The van der Waals surface area contributed by atoms with Gasteiger partial charge in [0.2, 0.25) is 5.91 Å². The molecule has 0 saturated heterocycles. The number of carbonyl (C=O) groups excluding carboxylic acids is 1. The number of amides is 1. The molecule has 35 heavy (non-hydrogen) atoms. The Morgan fingerprint density at radius 3 is 2.60 bits per heavy atom. The summed E-state index contributed by atoms with van der Waals surface area (Å²) in [4.78, 5) is 42.2. The largest absolute Gasteiger partial charge is 0.495 e. The van der Waals surface area contributed by atoms with E-state index < -0.39 is 17.2 Å². The number of H-pyrrole nitrogens is 1. The molecular formula is C24H28ClN5O5. The van der Waals surface area contributed by atoms with E-state index in [1.807, 2.05) is 30.3 Å². The van der Waals surface area contributed by atoms with Gasteiger partial charge in [-0.15, -0.1) is 0 Å². The number of hydrogen-bond acceptors (Lipinski definition) is 7. The van der Waals surface area contributed by atoms with Crippen LogP contribution in [-0.4, -0.2) is 49.4 Å². The zero-order valence-electron chi connectivity index (χ0n) is 19.5. The van der Waals surface area contributed by atoms with Crippen LogP contribution in [0.25, 0.3) is 0 Å². The standard InChI is InChI=1S/C24H28ClN5O5/c1-34-12-6-11-29(20(31)14-27-18-13-17(25)9-10-19(18)35-2)21-22(26)30(24(33)28-23(21)32)15-16-7-4-3-5-8-16/h3-5,7-10,13,27H,6,11-12,14-15,26H2,1-2H3,(H,28,32,33). The van der Waals surface area contributed by atoms with Crippen LogP contribution in [0.15, 0.2) is 58.1 Å². The molecule has 3 rings (SSSR count). The fourth-order valence-electron chi connectivity index (χ4n) is 3.57. The summed E-state index contributed by atoms with van der Waals surface area (Å²) in [6.45, 7) is 0.465.